The zero-order chi connectivity index (χ0) is 16.1. The Bertz CT molecular complexity index is 667. The van der Waals surface area contributed by atoms with E-state index in [1.165, 1.54) is 7.11 Å². The summed E-state index contributed by atoms with van der Waals surface area (Å²) in [5.74, 6) is 0.803. The number of ether oxygens (including phenoxy) is 2. The van der Waals surface area contributed by atoms with E-state index in [-0.39, 0.29) is 0 Å². The van der Waals surface area contributed by atoms with E-state index < -0.39 is 5.97 Å². The summed E-state index contributed by atoms with van der Waals surface area (Å²) < 4.78 is 10.8. The standard InChI is InChI=1S/C18H20N2O3/c1-22-18(21)16-8-7-14(20-11-9-19-10-12-20)13-17(16)23-15-5-3-2-4-6-15/h2-8,13,19H,9-12H2,1H3. The highest BCUT2D eigenvalue weighted by Gasteiger charge is 2.18. The van der Waals surface area contributed by atoms with Crippen LogP contribution in [0.15, 0.2) is 48.5 Å². The minimum absolute atomic E-state index is 0.400. The molecular weight excluding hydrogens is 292 g/mol. The van der Waals surface area contributed by atoms with Gasteiger partial charge in [-0.25, -0.2) is 4.79 Å². The predicted octanol–water partition coefficient (Wildman–Crippen LogP) is 2.68. The summed E-state index contributed by atoms with van der Waals surface area (Å²) in [6, 6.07) is 15.0. The fourth-order valence-electron chi connectivity index (χ4n) is 2.61. The van der Waals surface area contributed by atoms with Gasteiger partial charge in [0.1, 0.15) is 17.1 Å². The number of rotatable bonds is 4. The molecular formula is C18H20N2O3. The van der Waals surface area contributed by atoms with Crippen molar-refractivity contribution in [3.63, 3.8) is 0 Å². The van der Waals surface area contributed by atoms with Gasteiger partial charge in [0.05, 0.1) is 7.11 Å². The van der Waals surface area contributed by atoms with Gasteiger partial charge in [0.25, 0.3) is 0 Å². The molecule has 0 radical (unpaired) electrons. The lowest BCUT2D eigenvalue weighted by atomic mass is 10.1. The molecule has 1 N–H and O–H groups in total. The van der Waals surface area contributed by atoms with Crippen LogP contribution in [-0.2, 0) is 4.74 Å². The number of nitrogens with zero attached hydrogens (tertiary/aromatic N) is 1. The van der Waals surface area contributed by atoms with E-state index in [0.717, 1.165) is 31.9 Å². The Hall–Kier alpha value is -2.53. The third-order valence-corrected chi connectivity index (χ3v) is 3.82. The molecule has 0 saturated carbocycles. The van der Waals surface area contributed by atoms with E-state index in [1.807, 2.05) is 42.5 Å². The van der Waals surface area contributed by atoms with Gasteiger partial charge < -0.3 is 19.7 Å². The number of piperazine rings is 1. The molecule has 5 heteroatoms. The Morgan fingerprint density at radius 1 is 1.09 bits per heavy atom. The first-order valence-electron chi connectivity index (χ1n) is 7.69. The van der Waals surface area contributed by atoms with Gasteiger partial charge in [-0.15, -0.1) is 0 Å². The fraction of sp³-hybridized carbons (Fsp3) is 0.278. The number of methoxy groups -OCH3 is 1. The fourth-order valence-corrected chi connectivity index (χ4v) is 2.61. The largest absolute Gasteiger partial charge is 0.465 e. The molecule has 0 amide bonds. The number of benzene rings is 2. The molecule has 3 rings (SSSR count). The monoisotopic (exact) mass is 312 g/mol. The molecule has 2 aromatic carbocycles. The summed E-state index contributed by atoms with van der Waals surface area (Å²) in [6.45, 7) is 3.77. The SMILES string of the molecule is COC(=O)c1ccc(N2CCNCC2)cc1Oc1ccccc1. The first kappa shape index (κ1) is 15.4. The maximum absolute atomic E-state index is 12.0. The van der Waals surface area contributed by atoms with Crippen molar-refractivity contribution in [1.29, 1.82) is 0 Å². The zero-order valence-electron chi connectivity index (χ0n) is 13.1. The van der Waals surface area contributed by atoms with E-state index in [2.05, 4.69) is 10.2 Å². The van der Waals surface area contributed by atoms with Gasteiger partial charge in [-0.1, -0.05) is 18.2 Å². The summed E-state index contributed by atoms with van der Waals surface area (Å²) in [5, 5.41) is 3.33. The topological polar surface area (TPSA) is 50.8 Å². The van der Waals surface area contributed by atoms with Crippen molar-refractivity contribution in [2.75, 3.05) is 38.2 Å². The first-order valence-corrected chi connectivity index (χ1v) is 7.69. The van der Waals surface area contributed by atoms with Gasteiger partial charge in [-0.3, -0.25) is 0 Å². The van der Waals surface area contributed by atoms with Crippen molar-refractivity contribution < 1.29 is 14.3 Å². The van der Waals surface area contributed by atoms with E-state index in [9.17, 15) is 4.79 Å². The van der Waals surface area contributed by atoms with Gasteiger partial charge in [0.15, 0.2) is 0 Å². The molecule has 0 atom stereocenters. The van der Waals surface area contributed by atoms with Gasteiger partial charge in [-0.2, -0.15) is 0 Å². The van der Waals surface area contributed by atoms with E-state index >= 15 is 0 Å². The molecule has 0 aromatic heterocycles. The number of hydrogen-bond acceptors (Lipinski definition) is 5. The summed E-state index contributed by atoms with van der Waals surface area (Å²) in [5.41, 5.74) is 1.47. The van der Waals surface area contributed by atoms with Gasteiger partial charge in [0.2, 0.25) is 0 Å². The average molecular weight is 312 g/mol. The molecule has 5 nitrogen and oxygen atoms in total. The second-order valence-electron chi connectivity index (χ2n) is 5.32. The van der Waals surface area contributed by atoms with Crippen LogP contribution in [-0.4, -0.2) is 39.3 Å². The zero-order valence-corrected chi connectivity index (χ0v) is 13.1. The molecule has 120 valence electrons. The van der Waals surface area contributed by atoms with Crippen LogP contribution in [0.4, 0.5) is 5.69 Å². The number of para-hydroxylation sites is 1. The van der Waals surface area contributed by atoms with Crippen LogP contribution in [0.3, 0.4) is 0 Å². The summed E-state index contributed by atoms with van der Waals surface area (Å²) in [4.78, 5) is 14.3. The van der Waals surface area contributed by atoms with Crippen LogP contribution >= 0.6 is 0 Å². The highest BCUT2D eigenvalue weighted by molar-refractivity contribution is 5.93. The Balaban J connectivity index is 1.93. The Morgan fingerprint density at radius 3 is 2.52 bits per heavy atom. The van der Waals surface area contributed by atoms with Crippen molar-refractivity contribution in [3.8, 4) is 11.5 Å². The first-order chi connectivity index (χ1) is 11.3. The molecule has 1 aliphatic rings. The highest BCUT2D eigenvalue weighted by Crippen LogP contribution is 2.30. The Morgan fingerprint density at radius 2 is 1.83 bits per heavy atom. The highest BCUT2D eigenvalue weighted by atomic mass is 16.5. The van der Waals surface area contributed by atoms with Crippen molar-refractivity contribution >= 4 is 11.7 Å². The number of hydrogen-bond donors (Lipinski definition) is 1. The minimum atomic E-state index is -0.400. The van der Waals surface area contributed by atoms with Crippen molar-refractivity contribution in [1.82, 2.24) is 5.32 Å². The summed E-state index contributed by atoms with van der Waals surface area (Å²) in [6.07, 6.45) is 0. The maximum Gasteiger partial charge on any atom is 0.341 e. The van der Waals surface area contributed by atoms with Crippen LogP contribution in [0.5, 0.6) is 11.5 Å². The second-order valence-corrected chi connectivity index (χ2v) is 5.32. The van der Waals surface area contributed by atoms with Crippen LogP contribution in [0.25, 0.3) is 0 Å². The third kappa shape index (κ3) is 3.63. The molecule has 1 heterocycles. The summed E-state index contributed by atoms with van der Waals surface area (Å²) >= 11 is 0. The Kier molecular flexibility index (Phi) is 4.78. The lowest BCUT2D eigenvalue weighted by Crippen LogP contribution is -2.43. The predicted molar refractivity (Wildman–Crippen MR) is 89.4 cm³/mol. The number of carbonyl (C=O) groups excluding carboxylic acids is 1. The quantitative estimate of drug-likeness (QED) is 0.880. The van der Waals surface area contributed by atoms with Crippen molar-refractivity contribution in [2.45, 2.75) is 0 Å². The second kappa shape index (κ2) is 7.15. The van der Waals surface area contributed by atoms with Gasteiger partial charge in [-0.05, 0) is 24.3 Å². The number of nitrogens with one attached hydrogen (secondary N) is 1. The van der Waals surface area contributed by atoms with Crippen molar-refractivity contribution in [2.24, 2.45) is 0 Å². The molecule has 0 spiro atoms. The number of anilines is 1. The molecule has 0 bridgehead atoms. The number of carbonyl (C=O) groups is 1. The molecule has 1 saturated heterocycles. The van der Waals surface area contributed by atoms with Crippen LogP contribution in [0.2, 0.25) is 0 Å². The molecule has 0 aliphatic carbocycles. The maximum atomic E-state index is 12.0. The van der Waals surface area contributed by atoms with Crippen LogP contribution in [0, 0.1) is 0 Å². The molecule has 0 unspecified atom stereocenters. The van der Waals surface area contributed by atoms with E-state index in [1.54, 1.807) is 6.07 Å². The van der Waals surface area contributed by atoms with E-state index in [0.29, 0.717) is 17.1 Å². The Labute approximate surface area is 135 Å². The minimum Gasteiger partial charge on any atom is -0.465 e. The lowest BCUT2D eigenvalue weighted by Gasteiger charge is -2.30. The lowest BCUT2D eigenvalue weighted by molar-refractivity contribution is 0.0598. The molecule has 1 aliphatic heterocycles. The normalized spacial score (nSPS) is 14.4. The summed E-state index contributed by atoms with van der Waals surface area (Å²) in [7, 11) is 1.37. The number of esters is 1. The van der Waals surface area contributed by atoms with Crippen LogP contribution < -0.4 is 15.0 Å². The average Bonchev–Trinajstić information content (AvgIpc) is 2.62. The molecule has 1 fully saturated rings. The molecule has 2 aromatic rings. The van der Waals surface area contributed by atoms with Crippen LogP contribution in [0.1, 0.15) is 10.4 Å². The third-order valence-electron chi connectivity index (χ3n) is 3.82. The smallest absolute Gasteiger partial charge is 0.341 e. The van der Waals surface area contributed by atoms with Crippen molar-refractivity contribution in [3.05, 3.63) is 54.1 Å². The molecule has 23 heavy (non-hydrogen) atoms. The van der Waals surface area contributed by atoms with Gasteiger partial charge in [0, 0.05) is 37.9 Å². The van der Waals surface area contributed by atoms with E-state index in [4.69, 9.17) is 9.47 Å². The van der Waals surface area contributed by atoms with Gasteiger partial charge >= 0.3 is 5.97 Å².